The van der Waals surface area contributed by atoms with Crippen LogP contribution in [0.4, 0.5) is 0 Å². The molecule has 0 saturated heterocycles. The van der Waals surface area contributed by atoms with Crippen molar-refractivity contribution in [1.82, 2.24) is 10.3 Å². The Morgan fingerprint density at radius 1 is 1.38 bits per heavy atom. The Morgan fingerprint density at radius 3 is 2.71 bits per heavy atom. The van der Waals surface area contributed by atoms with Crippen LogP contribution < -0.4 is 5.32 Å². The van der Waals surface area contributed by atoms with E-state index in [0.29, 0.717) is 17.1 Å². The zero-order valence-electron chi connectivity index (χ0n) is 12.8. The number of carbonyl (C=O) groups is 1. The van der Waals surface area contributed by atoms with E-state index in [1.54, 1.807) is 12.1 Å². The summed E-state index contributed by atoms with van der Waals surface area (Å²) in [7, 11) is 0. The molecule has 1 heterocycles. The molecule has 1 fully saturated rings. The van der Waals surface area contributed by atoms with E-state index in [9.17, 15) is 9.90 Å². The zero-order chi connectivity index (χ0) is 15.6. The standard InChI is InChI=1S/C16H23ClN2O2/c1-16(2,3)13-7-10(8-14(17)19-13)15(21)18-11-5-4-6-12(20)9-11/h7-8,11-12,20H,4-6,9H2,1-3H3,(H,18,21). The van der Waals surface area contributed by atoms with Crippen molar-refractivity contribution in [2.24, 2.45) is 0 Å². The number of pyridine rings is 1. The van der Waals surface area contributed by atoms with Crippen LogP contribution >= 0.6 is 11.6 Å². The minimum atomic E-state index is -0.310. The van der Waals surface area contributed by atoms with Gasteiger partial charge in [-0.1, -0.05) is 32.4 Å². The fourth-order valence-electron chi connectivity index (χ4n) is 2.58. The Kier molecular flexibility index (Phi) is 4.89. The molecule has 4 nitrogen and oxygen atoms in total. The molecule has 1 saturated carbocycles. The number of rotatable bonds is 2. The highest BCUT2D eigenvalue weighted by atomic mass is 35.5. The van der Waals surface area contributed by atoms with Crippen molar-refractivity contribution >= 4 is 17.5 Å². The maximum absolute atomic E-state index is 12.4. The highest BCUT2D eigenvalue weighted by molar-refractivity contribution is 6.29. The number of amides is 1. The Hall–Kier alpha value is -1.13. The van der Waals surface area contributed by atoms with Crippen molar-refractivity contribution in [2.75, 3.05) is 0 Å². The van der Waals surface area contributed by atoms with Crippen LogP contribution in [-0.4, -0.2) is 28.1 Å². The lowest BCUT2D eigenvalue weighted by Gasteiger charge is -2.27. The highest BCUT2D eigenvalue weighted by Crippen LogP contribution is 2.24. The lowest BCUT2D eigenvalue weighted by molar-refractivity contribution is 0.0849. The second kappa shape index (κ2) is 6.32. The molecule has 2 N–H and O–H groups in total. The Morgan fingerprint density at radius 2 is 2.10 bits per heavy atom. The average Bonchev–Trinajstić information content (AvgIpc) is 2.37. The van der Waals surface area contributed by atoms with Gasteiger partial charge in [-0.25, -0.2) is 4.98 Å². The minimum Gasteiger partial charge on any atom is -0.393 e. The number of aliphatic hydroxyl groups is 1. The van der Waals surface area contributed by atoms with Gasteiger partial charge >= 0.3 is 0 Å². The Bertz CT molecular complexity index is 525. The predicted molar refractivity (Wildman–Crippen MR) is 83.7 cm³/mol. The average molecular weight is 311 g/mol. The van der Waals surface area contributed by atoms with Gasteiger partial charge in [0, 0.05) is 22.7 Å². The topological polar surface area (TPSA) is 62.2 Å². The third-order valence-electron chi connectivity index (χ3n) is 3.81. The number of aliphatic hydroxyl groups excluding tert-OH is 1. The van der Waals surface area contributed by atoms with Gasteiger partial charge in [0.1, 0.15) is 5.15 Å². The molecule has 0 spiro atoms. The van der Waals surface area contributed by atoms with Crippen LogP contribution in [0.15, 0.2) is 12.1 Å². The van der Waals surface area contributed by atoms with Gasteiger partial charge in [-0.15, -0.1) is 0 Å². The molecule has 0 bridgehead atoms. The molecule has 0 aliphatic heterocycles. The fourth-order valence-corrected chi connectivity index (χ4v) is 2.78. The number of hydrogen-bond acceptors (Lipinski definition) is 3. The van der Waals surface area contributed by atoms with Crippen molar-refractivity contribution in [3.63, 3.8) is 0 Å². The second-order valence-electron chi connectivity index (χ2n) is 6.80. The largest absolute Gasteiger partial charge is 0.393 e. The van der Waals surface area contributed by atoms with Crippen molar-refractivity contribution in [3.8, 4) is 0 Å². The maximum Gasteiger partial charge on any atom is 0.251 e. The van der Waals surface area contributed by atoms with Gasteiger partial charge in [0.15, 0.2) is 0 Å². The van der Waals surface area contributed by atoms with Gasteiger partial charge < -0.3 is 10.4 Å². The van der Waals surface area contributed by atoms with E-state index in [4.69, 9.17) is 11.6 Å². The second-order valence-corrected chi connectivity index (χ2v) is 7.19. The van der Waals surface area contributed by atoms with Crippen LogP contribution in [0.1, 0.15) is 62.5 Å². The van der Waals surface area contributed by atoms with E-state index < -0.39 is 0 Å². The van der Waals surface area contributed by atoms with Crippen LogP contribution in [0.25, 0.3) is 0 Å². The van der Waals surface area contributed by atoms with Gasteiger partial charge in [-0.05, 0) is 37.8 Å². The fraction of sp³-hybridized carbons (Fsp3) is 0.625. The predicted octanol–water partition coefficient (Wildman–Crippen LogP) is 3.07. The molecule has 1 aliphatic carbocycles. The summed E-state index contributed by atoms with van der Waals surface area (Å²) >= 11 is 6.03. The Balaban J connectivity index is 2.13. The van der Waals surface area contributed by atoms with Crippen LogP contribution in [-0.2, 0) is 5.41 Å². The highest BCUT2D eigenvalue weighted by Gasteiger charge is 2.23. The normalized spacial score (nSPS) is 22.9. The SMILES string of the molecule is CC(C)(C)c1cc(C(=O)NC2CCCC(O)C2)cc(Cl)n1. The molecular formula is C16H23ClN2O2. The number of carbonyl (C=O) groups excluding carboxylic acids is 1. The van der Waals surface area contributed by atoms with Gasteiger partial charge in [0.25, 0.3) is 5.91 Å². The van der Waals surface area contributed by atoms with E-state index in [1.807, 2.05) is 20.8 Å². The summed E-state index contributed by atoms with van der Waals surface area (Å²) in [5.41, 5.74) is 1.16. The summed E-state index contributed by atoms with van der Waals surface area (Å²) in [6.07, 6.45) is 2.98. The molecule has 1 aromatic heterocycles. The maximum atomic E-state index is 12.4. The van der Waals surface area contributed by atoms with Crippen molar-refractivity contribution in [3.05, 3.63) is 28.5 Å². The first-order valence-corrected chi connectivity index (χ1v) is 7.80. The summed E-state index contributed by atoms with van der Waals surface area (Å²) in [4.78, 5) is 16.7. The van der Waals surface area contributed by atoms with Gasteiger partial charge in [0.2, 0.25) is 0 Å². The molecule has 5 heteroatoms. The Labute approximate surface area is 130 Å². The third-order valence-corrected chi connectivity index (χ3v) is 4.00. The van der Waals surface area contributed by atoms with Crippen LogP contribution in [0.5, 0.6) is 0 Å². The lowest BCUT2D eigenvalue weighted by Crippen LogP contribution is -2.39. The molecule has 2 unspecified atom stereocenters. The zero-order valence-corrected chi connectivity index (χ0v) is 13.6. The molecule has 21 heavy (non-hydrogen) atoms. The molecule has 116 valence electrons. The van der Waals surface area contributed by atoms with E-state index in [2.05, 4.69) is 10.3 Å². The van der Waals surface area contributed by atoms with E-state index >= 15 is 0 Å². The molecule has 2 rings (SSSR count). The molecule has 1 aliphatic rings. The number of hydrogen-bond donors (Lipinski definition) is 2. The number of halogens is 1. The molecule has 2 atom stereocenters. The number of aromatic nitrogens is 1. The van der Waals surface area contributed by atoms with E-state index in [0.717, 1.165) is 25.0 Å². The summed E-state index contributed by atoms with van der Waals surface area (Å²) < 4.78 is 0. The molecule has 1 aromatic rings. The van der Waals surface area contributed by atoms with Gasteiger partial charge in [-0.3, -0.25) is 4.79 Å². The van der Waals surface area contributed by atoms with Crippen molar-refractivity contribution < 1.29 is 9.90 Å². The van der Waals surface area contributed by atoms with Gasteiger partial charge in [0.05, 0.1) is 6.10 Å². The summed E-state index contributed by atoms with van der Waals surface area (Å²) in [6, 6.07) is 3.41. The summed E-state index contributed by atoms with van der Waals surface area (Å²) in [5.74, 6) is -0.149. The van der Waals surface area contributed by atoms with Crippen molar-refractivity contribution in [1.29, 1.82) is 0 Å². The first kappa shape index (κ1) is 16.2. The number of nitrogens with zero attached hydrogens (tertiary/aromatic N) is 1. The van der Waals surface area contributed by atoms with Crippen LogP contribution in [0, 0.1) is 0 Å². The first-order valence-electron chi connectivity index (χ1n) is 7.42. The molecule has 1 amide bonds. The smallest absolute Gasteiger partial charge is 0.251 e. The van der Waals surface area contributed by atoms with E-state index in [-0.39, 0.29) is 23.5 Å². The van der Waals surface area contributed by atoms with E-state index in [1.165, 1.54) is 0 Å². The first-order chi connectivity index (χ1) is 9.75. The van der Waals surface area contributed by atoms with Gasteiger partial charge in [-0.2, -0.15) is 0 Å². The third kappa shape index (κ3) is 4.42. The number of nitrogens with one attached hydrogen (secondary N) is 1. The minimum absolute atomic E-state index is 0.0336. The summed E-state index contributed by atoms with van der Waals surface area (Å²) in [6.45, 7) is 6.10. The summed E-state index contributed by atoms with van der Waals surface area (Å²) in [5, 5.41) is 13.0. The lowest BCUT2D eigenvalue weighted by atomic mass is 9.90. The molecular weight excluding hydrogens is 288 g/mol. The molecule has 0 radical (unpaired) electrons. The van der Waals surface area contributed by atoms with Crippen LogP contribution in [0.3, 0.4) is 0 Å². The van der Waals surface area contributed by atoms with Crippen LogP contribution in [0.2, 0.25) is 5.15 Å². The monoisotopic (exact) mass is 310 g/mol. The quantitative estimate of drug-likeness (QED) is 0.825. The molecule has 0 aromatic carbocycles. The van der Waals surface area contributed by atoms with Crippen molar-refractivity contribution in [2.45, 2.75) is 64.0 Å².